The molecule has 1 fully saturated rings. The van der Waals surface area contributed by atoms with E-state index in [4.69, 9.17) is 4.74 Å². The minimum absolute atomic E-state index is 0.0593. The lowest BCUT2D eigenvalue weighted by atomic mass is 10.0. The molecular weight excluding hydrogens is 226 g/mol. The summed E-state index contributed by atoms with van der Waals surface area (Å²) in [7, 11) is 0. The second-order valence-electron chi connectivity index (χ2n) is 6.47. The van der Waals surface area contributed by atoms with Crippen molar-refractivity contribution in [3.8, 4) is 0 Å². The minimum atomic E-state index is -0.0593. The van der Waals surface area contributed by atoms with Crippen LogP contribution in [-0.4, -0.2) is 24.7 Å². The predicted molar refractivity (Wildman–Crippen MR) is 74.5 cm³/mol. The van der Waals surface area contributed by atoms with E-state index in [-0.39, 0.29) is 11.5 Å². The average Bonchev–Trinajstić information content (AvgIpc) is 2.53. The van der Waals surface area contributed by atoms with Crippen LogP contribution in [0.3, 0.4) is 0 Å². The van der Waals surface area contributed by atoms with Crippen molar-refractivity contribution in [2.24, 2.45) is 5.92 Å². The molecule has 1 saturated carbocycles. The van der Waals surface area contributed by atoms with Gasteiger partial charge in [0.05, 0.1) is 13.0 Å². The van der Waals surface area contributed by atoms with Crippen molar-refractivity contribution >= 4 is 5.97 Å². The van der Waals surface area contributed by atoms with Crippen molar-refractivity contribution in [3.05, 3.63) is 0 Å². The molecule has 0 spiro atoms. The maximum absolute atomic E-state index is 11.6. The third-order valence-corrected chi connectivity index (χ3v) is 3.44. The van der Waals surface area contributed by atoms with Gasteiger partial charge in [0.25, 0.3) is 0 Å². The van der Waals surface area contributed by atoms with Crippen molar-refractivity contribution in [1.82, 2.24) is 5.32 Å². The highest BCUT2D eigenvalue weighted by molar-refractivity contribution is 5.69. The van der Waals surface area contributed by atoms with Crippen LogP contribution < -0.4 is 5.32 Å². The molecular formula is C15H29NO2. The molecule has 0 saturated heterocycles. The molecule has 1 aliphatic rings. The first-order valence-electron chi connectivity index (χ1n) is 7.38. The molecule has 1 N–H and O–H groups in total. The zero-order valence-corrected chi connectivity index (χ0v) is 12.3. The van der Waals surface area contributed by atoms with Crippen LogP contribution >= 0.6 is 0 Å². The summed E-state index contributed by atoms with van der Waals surface area (Å²) in [5.41, 5.74) is 0.0710. The summed E-state index contributed by atoms with van der Waals surface area (Å²) in [6.45, 7) is 7.64. The van der Waals surface area contributed by atoms with Gasteiger partial charge in [-0.15, -0.1) is 0 Å². The van der Waals surface area contributed by atoms with Gasteiger partial charge in [-0.05, 0) is 39.5 Å². The number of carbonyl (C=O) groups excluding carboxylic acids is 1. The van der Waals surface area contributed by atoms with E-state index < -0.39 is 0 Å². The van der Waals surface area contributed by atoms with Gasteiger partial charge in [-0.1, -0.05) is 25.7 Å². The first-order chi connectivity index (χ1) is 8.47. The molecule has 18 heavy (non-hydrogen) atoms. The fraction of sp³-hybridized carbons (Fsp3) is 0.933. The molecule has 3 heteroatoms. The molecule has 3 nitrogen and oxygen atoms in total. The molecule has 0 heterocycles. The van der Waals surface area contributed by atoms with Gasteiger partial charge >= 0.3 is 5.97 Å². The lowest BCUT2D eigenvalue weighted by Gasteiger charge is -2.20. The highest BCUT2D eigenvalue weighted by atomic mass is 16.5. The number of rotatable bonds is 5. The number of esters is 1. The van der Waals surface area contributed by atoms with Crippen LogP contribution in [-0.2, 0) is 9.53 Å². The van der Waals surface area contributed by atoms with Gasteiger partial charge in [-0.25, -0.2) is 0 Å². The van der Waals surface area contributed by atoms with E-state index in [0.717, 1.165) is 0 Å². The molecule has 1 aliphatic carbocycles. The summed E-state index contributed by atoms with van der Waals surface area (Å²) in [6, 6.07) is 0. The Morgan fingerprint density at radius 1 is 1.17 bits per heavy atom. The Morgan fingerprint density at radius 3 is 2.33 bits per heavy atom. The Hall–Kier alpha value is -0.570. The van der Waals surface area contributed by atoms with Gasteiger partial charge in [0, 0.05) is 12.1 Å². The van der Waals surface area contributed by atoms with Gasteiger partial charge in [-0.2, -0.15) is 0 Å². The van der Waals surface area contributed by atoms with E-state index in [1.165, 1.54) is 38.5 Å². The topological polar surface area (TPSA) is 38.3 Å². The van der Waals surface area contributed by atoms with Crippen molar-refractivity contribution in [2.45, 2.75) is 71.3 Å². The molecule has 0 unspecified atom stereocenters. The van der Waals surface area contributed by atoms with Crippen LogP contribution in [0.5, 0.6) is 0 Å². The number of nitrogens with one attached hydrogen (secondary N) is 1. The third kappa shape index (κ3) is 7.70. The Bertz CT molecular complexity index is 237. The first-order valence-corrected chi connectivity index (χ1v) is 7.38. The van der Waals surface area contributed by atoms with Crippen molar-refractivity contribution < 1.29 is 9.53 Å². The lowest BCUT2D eigenvalue weighted by Crippen LogP contribution is -2.37. The summed E-state index contributed by atoms with van der Waals surface area (Å²) in [4.78, 5) is 11.6. The summed E-state index contributed by atoms with van der Waals surface area (Å²) in [5, 5.41) is 3.30. The normalized spacial score (nSPS) is 18.4. The number of hydrogen-bond acceptors (Lipinski definition) is 3. The molecule has 0 radical (unpaired) electrons. The van der Waals surface area contributed by atoms with E-state index in [0.29, 0.717) is 25.5 Å². The van der Waals surface area contributed by atoms with Crippen LogP contribution in [0.2, 0.25) is 0 Å². The monoisotopic (exact) mass is 255 g/mol. The Kier molecular flexibility index (Phi) is 6.69. The highest BCUT2D eigenvalue weighted by Crippen LogP contribution is 2.22. The minimum Gasteiger partial charge on any atom is -0.465 e. The van der Waals surface area contributed by atoms with Crippen LogP contribution in [0.15, 0.2) is 0 Å². The number of carbonyl (C=O) groups is 1. The third-order valence-electron chi connectivity index (χ3n) is 3.44. The Balaban J connectivity index is 2.08. The van der Waals surface area contributed by atoms with E-state index in [1.54, 1.807) is 0 Å². The molecule has 0 atom stereocenters. The van der Waals surface area contributed by atoms with Gasteiger partial charge in [0.1, 0.15) is 0 Å². The van der Waals surface area contributed by atoms with Crippen LogP contribution in [0.25, 0.3) is 0 Å². The van der Waals surface area contributed by atoms with Gasteiger partial charge in [-0.3, -0.25) is 4.79 Å². The van der Waals surface area contributed by atoms with Crippen molar-refractivity contribution in [3.63, 3.8) is 0 Å². The second kappa shape index (κ2) is 7.78. The predicted octanol–water partition coefficient (Wildman–Crippen LogP) is 3.28. The molecule has 106 valence electrons. The first kappa shape index (κ1) is 15.5. The van der Waals surface area contributed by atoms with Crippen LogP contribution in [0, 0.1) is 5.92 Å². The lowest BCUT2D eigenvalue weighted by molar-refractivity contribution is -0.145. The van der Waals surface area contributed by atoms with Gasteiger partial charge in [0.15, 0.2) is 0 Å². The second-order valence-corrected chi connectivity index (χ2v) is 6.47. The number of ether oxygens (including phenoxy) is 1. The SMILES string of the molecule is CC(C)(C)NCCC(=O)OCC1CCCCCC1. The smallest absolute Gasteiger partial charge is 0.307 e. The highest BCUT2D eigenvalue weighted by Gasteiger charge is 2.15. The molecule has 0 bridgehead atoms. The summed E-state index contributed by atoms with van der Waals surface area (Å²) >= 11 is 0. The Morgan fingerprint density at radius 2 is 1.78 bits per heavy atom. The van der Waals surface area contributed by atoms with Crippen LogP contribution in [0.4, 0.5) is 0 Å². The summed E-state index contributed by atoms with van der Waals surface area (Å²) < 4.78 is 5.37. The quantitative estimate of drug-likeness (QED) is 0.605. The fourth-order valence-corrected chi connectivity index (χ4v) is 2.35. The zero-order chi connectivity index (χ0) is 13.4. The maximum Gasteiger partial charge on any atom is 0.307 e. The summed E-state index contributed by atoms with van der Waals surface area (Å²) in [6.07, 6.45) is 8.23. The fourth-order valence-electron chi connectivity index (χ4n) is 2.35. The molecule has 0 aliphatic heterocycles. The zero-order valence-electron chi connectivity index (χ0n) is 12.3. The van der Waals surface area contributed by atoms with Crippen LogP contribution in [0.1, 0.15) is 65.7 Å². The molecule has 0 amide bonds. The molecule has 1 rings (SSSR count). The van der Waals surface area contributed by atoms with E-state index in [9.17, 15) is 4.79 Å². The molecule has 0 aromatic carbocycles. The van der Waals surface area contributed by atoms with E-state index in [1.807, 2.05) is 0 Å². The van der Waals surface area contributed by atoms with E-state index >= 15 is 0 Å². The van der Waals surface area contributed by atoms with Crippen molar-refractivity contribution in [2.75, 3.05) is 13.2 Å². The average molecular weight is 255 g/mol. The summed E-state index contributed by atoms with van der Waals surface area (Å²) in [5.74, 6) is 0.544. The van der Waals surface area contributed by atoms with Crippen molar-refractivity contribution in [1.29, 1.82) is 0 Å². The molecule has 0 aromatic rings. The van der Waals surface area contributed by atoms with Gasteiger partial charge < -0.3 is 10.1 Å². The number of hydrogen-bond donors (Lipinski definition) is 1. The van der Waals surface area contributed by atoms with Gasteiger partial charge in [0.2, 0.25) is 0 Å². The maximum atomic E-state index is 11.6. The standard InChI is InChI=1S/C15H29NO2/c1-15(2,3)16-11-10-14(17)18-12-13-8-6-4-5-7-9-13/h13,16H,4-12H2,1-3H3. The largest absolute Gasteiger partial charge is 0.465 e. The molecule has 0 aromatic heterocycles. The van der Waals surface area contributed by atoms with E-state index in [2.05, 4.69) is 26.1 Å². The Labute approximate surface area is 112 Å².